The summed E-state index contributed by atoms with van der Waals surface area (Å²) in [5.41, 5.74) is 5.63. The minimum atomic E-state index is -0.359. The fraction of sp³-hybridized carbons (Fsp3) is 0.909. The van der Waals surface area contributed by atoms with Crippen molar-refractivity contribution in [2.24, 2.45) is 17.6 Å². The molecule has 0 aromatic carbocycles. The standard InChI is InChI=1S/C11H18N2O2/c1-6(12)11(14)13-4-7-8(5-13)10-3-2-9(7)15-10/h6-10H,2-5,12H2,1H3. The van der Waals surface area contributed by atoms with Crippen LogP contribution in [0.2, 0.25) is 0 Å². The van der Waals surface area contributed by atoms with E-state index in [1.807, 2.05) is 4.90 Å². The second-order valence-electron chi connectivity index (χ2n) is 5.15. The summed E-state index contributed by atoms with van der Waals surface area (Å²) in [5.74, 6) is 1.28. The Morgan fingerprint density at radius 1 is 1.33 bits per heavy atom. The summed E-state index contributed by atoms with van der Waals surface area (Å²) in [6.45, 7) is 3.50. The molecule has 0 aliphatic carbocycles. The van der Waals surface area contributed by atoms with Gasteiger partial charge in [-0.25, -0.2) is 0 Å². The minimum absolute atomic E-state index is 0.101. The molecule has 0 aromatic rings. The molecule has 0 saturated carbocycles. The maximum absolute atomic E-state index is 11.8. The van der Waals surface area contributed by atoms with E-state index in [0.29, 0.717) is 24.0 Å². The first-order valence-corrected chi connectivity index (χ1v) is 5.86. The van der Waals surface area contributed by atoms with Crippen molar-refractivity contribution in [2.45, 2.75) is 38.0 Å². The SMILES string of the molecule is CC(N)C(=O)N1CC2C3CCC(O3)C2C1. The predicted octanol–water partition coefficient (Wildman–Crippen LogP) is -0.0306. The summed E-state index contributed by atoms with van der Waals surface area (Å²) in [6.07, 6.45) is 3.22. The number of carbonyl (C=O) groups is 1. The summed E-state index contributed by atoms with van der Waals surface area (Å²) >= 11 is 0. The average molecular weight is 210 g/mol. The third-order valence-corrected chi connectivity index (χ3v) is 4.15. The lowest BCUT2D eigenvalue weighted by Crippen LogP contribution is -2.41. The van der Waals surface area contributed by atoms with E-state index in [4.69, 9.17) is 10.5 Å². The minimum Gasteiger partial charge on any atom is -0.374 e. The van der Waals surface area contributed by atoms with Crippen LogP contribution < -0.4 is 5.73 Å². The maximum atomic E-state index is 11.8. The monoisotopic (exact) mass is 210 g/mol. The van der Waals surface area contributed by atoms with Crippen LogP contribution in [0, 0.1) is 11.8 Å². The quantitative estimate of drug-likeness (QED) is 0.661. The van der Waals surface area contributed by atoms with E-state index in [1.165, 1.54) is 12.8 Å². The van der Waals surface area contributed by atoms with Crippen LogP contribution in [-0.2, 0) is 9.53 Å². The number of nitrogens with two attached hydrogens (primary N) is 1. The largest absolute Gasteiger partial charge is 0.374 e. The summed E-state index contributed by atoms with van der Waals surface area (Å²) < 4.78 is 5.86. The fourth-order valence-electron chi connectivity index (χ4n) is 3.43. The third kappa shape index (κ3) is 1.31. The van der Waals surface area contributed by atoms with Crippen LogP contribution in [0.3, 0.4) is 0 Å². The van der Waals surface area contributed by atoms with Gasteiger partial charge in [-0.2, -0.15) is 0 Å². The Labute approximate surface area is 89.7 Å². The van der Waals surface area contributed by atoms with Crippen molar-refractivity contribution >= 4 is 5.91 Å². The van der Waals surface area contributed by atoms with E-state index >= 15 is 0 Å². The third-order valence-electron chi connectivity index (χ3n) is 4.15. The van der Waals surface area contributed by atoms with Crippen LogP contribution in [0.5, 0.6) is 0 Å². The second-order valence-corrected chi connectivity index (χ2v) is 5.15. The molecule has 0 radical (unpaired) electrons. The van der Waals surface area contributed by atoms with Gasteiger partial charge in [-0.15, -0.1) is 0 Å². The van der Waals surface area contributed by atoms with Crippen molar-refractivity contribution in [1.29, 1.82) is 0 Å². The van der Waals surface area contributed by atoms with Gasteiger partial charge in [-0.05, 0) is 19.8 Å². The summed E-state index contributed by atoms with van der Waals surface area (Å²) in [7, 11) is 0. The number of rotatable bonds is 1. The fourth-order valence-corrected chi connectivity index (χ4v) is 3.43. The Hall–Kier alpha value is -0.610. The highest BCUT2D eigenvalue weighted by molar-refractivity contribution is 5.81. The topological polar surface area (TPSA) is 55.6 Å². The lowest BCUT2D eigenvalue weighted by Gasteiger charge is -2.20. The van der Waals surface area contributed by atoms with Gasteiger partial charge >= 0.3 is 0 Å². The van der Waals surface area contributed by atoms with Gasteiger partial charge in [0.2, 0.25) is 5.91 Å². The number of fused-ring (bicyclic) bond motifs is 5. The normalized spacial score (nSPS) is 44.5. The van der Waals surface area contributed by atoms with E-state index in [9.17, 15) is 4.79 Å². The molecule has 3 saturated heterocycles. The van der Waals surface area contributed by atoms with Crippen LogP contribution in [0.15, 0.2) is 0 Å². The van der Waals surface area contributed by atoms with Gasteiger partial charge in [-0.3, -0.25) is 4.79 Å². The number of hydrogen-bond acceptors (Lipinski definition) is 3. The van der Waals surface area contributed by atoms with Gasteiger partial charge in [0.25, 0.3) is 0 Å². The molecule has 3 aliphatic heterocycles. The molecular weight excluding hydrogens is 192 g/mol. The molecule has 2 N–H and O–H groups in total. The first kappa shape index (κ1) is 9.60. The Morgan fingerprint density at radius 3 is 2.33 bits per heavy atom. The molecule has 0 spiro atoms. The van der Waals surface area contributed by atoms with Crippen molar-refractivity contribution in [3.05, 3.63) is 0 Å². The molecule has 15 heavy (non-hydrogen) atoms. The second kappa shape index (κ2) is 3.19. The number of carbonyl (C=O) groups excluding carboxylic acids is 1. The smallest absolute Gasteiger partial charge is 0.239 e. The molecule has 0 aromatic heterocycles. The van der Waals surface area contributed by atoms with Crippen LogP contribution in [0.25, 0.3) is 0 Å². The lowest BCUT2D eigenvalue weighted by atomic mass is 9.82. The molecule has 4 heteroatoms. The molecule has 5 unspecified atom stereocenters. The molecule has 2 bridgehead atoms. The van der Waals surface area contributed by atoms with Gasteiger partial charge in [0.1, 0.15) is 0 Å². The van der Waals surface area contributed by atoms with Crippen molar-refractivity contribution in [2.75, 3.05) is 13.1 Å². The van der Waals surface area contributed by atoms with Gasteiger partial charge in [0, 0.05) is 24.9 Å². The first-order chi connectivity index (χ1) is 7.16. The molecule has 5 atom stereocenters. The first-order valence-electron chi connectivity index (χ1n) is 5.86. The number of amides is 1. The van der Waals surface area contributed by atoms with Crippen molar-refractivity contribution in [1.82, 2.24) is 4.90 Å². The Bertz CT molecular complexity index is 274. The molecular formula is C11H18N2O2. The van der Waals surface area contributed by atoms with E-state index in [2.05, 4.69) is 0 Å². The van der Waals surface area contributed by atoms with E-state index in [1.54, 1.807) is 6.92 Å². The molecule has 4 nitrogen and oxygen atoms in total. The molecule has 3 heterocycles. The van der Waals surface area contributed by atoms with Gasteiger partial charge in [0.05, 0.1) is 18.2 Å². The van der Waals surface area contributed by atoms with Crippen molar-refractivity contribution < 1.29 is 9.53 Å². The maximum Gasteiger partial charge on any atom is 0.239 e. The highest BCUT2D eigenvalue weighted by Crippen LogP contribution is 2.47. The molecule has 1 amide bonds. The summed E-state index contributed by atoms with van der Waals surface area (Å²) in [6, 6.07) is -0.359. The number of hydrogen-bond donors (Lipinski definition) is 1. The predicted molar refractivity (Wildman–Crippen MR) is 55.1 cm³/mol. The Balaban J connectivity index is 1.72. The zero-order valence-electron chi connectivity index (χ0n) is 9.06. The zero-order chi connectivity index (χ0) is 10.6. The van der Waals surface area contributed by atoms with E-state index in [0.717, 1.165) is 13.1 Å². The van der Waals surface area contributed by atoms with Crippen molar-refractivity contribution in [3.8, 4) is 0 Å². The van der Waals surface area contributed by atoms with Crippen LogP contribution in [0.1, 0.15) is 19.8 Å². The van der Waals surface area contributed by atoms with E-state index < -0.39 is 0 Å². The number of likely N-dealkylation sites (tertiary alicyclic amines) is 1. The zero-order valence-corrected chi connectivity index (χ0v) is 9.06. The molecule has 84 valence electrons. The Morgan fingerprint density at radius 2 is 1.87 bits per heavy atom. The lowest BCUT2D eigenvalue weighted by molar-refractivity contribution is -0.131. The van der Waals surface area contributed by atoms with Gasteiger partial charge in [0.15, 0.2) is 0 Å². The Kier molecular flexibility index (Phi) is 2.04. The molecule has 3 fully saturated rings. The van der Waals surface area contributed by atoms with Gasteiger partial charge in [-0.1, -0.05) is 0 Å². The summed E-state index contributed by atoms with van der Waals surface area (Å²) in [4.78, 5) is 13.7. The van der Waals surface area contributed by atoms with Gasteiger partial charge < -0.3 is 15.4 Å². The molecule has 3 aliphatic rings. The molecule has 3 rings (SSSR count). The van der Waals surface area contributed by atoms with Crippen molar-refractivity contribution in [3.63, 3.8) is 0 Å². The highest BCUT2D eigenvalue weighted by Gasteiger charge is 2.53. The van der Waals surface area contributed by atoms with Crippen LogP contribution in [0.4, 0.5) is 0 Å². The average Bonchev–Trinajstić information content (AvgIpc) is 2.87. The van der Waals surface area contributed by atoms with E-state index in [-0.39, 0.29) is 11.9 Å². The summed E-state index contributed by atoms with van der Waals surface area (Å²) in [5, 5.41) is 0. The van der Waals surface area contributed by atoms with Crippen LogP contribution in [-0.4, -0.2) is 42.1 Å². The highest BCUT2D eigenvalue weighted by atomic mass is 16.5. The number of ether oxygens (including phenoxy) is 1. The number of nitrogens with zero attached hydrogens (tertiary/aromatic N) is 1. The van der Waals surface area contributed by atoms with Crippen LogP contribution >= 0.6 is 0 Å².